The van der Waals surface area contributed by atoms with Crippen LogP contribution >= 0.6 is 0 Å². The Morgan fingerprint density at radius 3 is 1.57 bits per heavy atom. The third kappa shape index (κ3) is 5.77. The predicted octanol–water partition coefficient (Wildman–Crippen LogP) is 9.20. The summed E-state index contributed by atoms with van der Waals surface area (Å²) in [4.78, 5) is 7.65. The molecular weight excluding hydrogens is 516 g/mol. The summed E-state index contributed by atoms with van der Waals surface area (Å²) in [7, 11) is 0. The first kappa shape index (κ1) is 27.3. The highest BCUT2D eigenvalue weighted by atomic mass is 16.6. The molecule has 4 heteroatoms. The zero-order valence-electron chi connectivity index (χ0n) is 23.9. The van der Waals surface area contributed by atoms with Crippen molar-refractivity contribution in [3.05, 3.63) is 167 Å². The number of hydrogen-bond acceptors (Lipinski definition) is 4. The second kappa shape index (κ2) is 11.9. The quantitative estimate of drug-likeness (QED) is 0.186. The average molecular weight is 551 g/mol. The number of benzene rings is 6. The van der Waals surface area contributed by atoms with Crippen LogP contribution in [0.2, 0.25) is 0 Å². The normalized spacial score (nSPS) is 11.9. The third-order valence-corrected chi connectivity index (χ3v) is 7.78. The van der Waals surface area contributed by atoms with Crippen LogP contribution in [0, 0.1) is 13.8 Å². The molecule has 0 aliphatic carbocycles. The van der Waals surface area contributed by atoms with Crippen molar-refractivity contribution in [3.63, 3.8) is 0 Å². The van der Waals surface area contributed by atoms with Gasteiger partial charge in [-0.15, -0.1) is 0 Å². The van der Waals surface area contributed by atoms with E-state index >= 15 is 0 Å². The number of anilines is 3. The maximum absolute atomic E-state index is 10.7. The zero-order chi connectivity index (χ0) is 29.1. The van der Waals surface area contributed by atoms with Crippen LogP contribution in [-0.4, -0.2) is 5.11 Å². The van der Waals surface area contributed by atoms with Crippen molar-refractivity contribution < 1.29 is 9.94 Å². The molecule has 4 nitrogen and oxygen atoms in total. The van der Waals surface area contributed by atoms with Crippen molar-refractivity contribution in [2.45, 2.75) is 26.4 Å². The maximum Gasteiger partial charge on any atom is 0.132 e. The van der Waals surface area contributed by atoms with Crippen LogP contribution in [0.3, 0.4) is 0 Å². The number of nitrogens with zero attached hydrogens (tertiary/aromatic N) is 1. The lowest BCUT2D eigenvalue weighted by Gasteiger charge is -2.26. The summed E-state index contributed by atoms with van der Waals surface area (Å²) in [5.41, 5.74) is 9.77. The second-order valence-corrected chi connectivity index (χ2v) is 10.9. The molecule has 0 saturated heterocycles. The second-order valence-electron chi connectivity index (χ2n) is 10.9. The van der Waals surface area contributed by atoms with E-state index in [0.29, 0.717) is 5.56 Å². The molecule has 42 heavy (non-hydrogen) atoms. The number of phenolic OH excluding ortho intramolecular Hbond substituents is 1. The van der Waals surface area contributed by atoms with Crippen molar-refractivity contribution >= 4 is 27.8 Å². The largest absolute Gasteiger partial charge is 0.508 e. The number of nitrogens with two attached hydrogens (primary N) is 1. The van der Waals surface area contributed by atoms with Gasteiger partial charge in [-0.05, 0) is 96.3 Å². The SMILES string of the molecule is Cc1ccc(N(c2ccc(C)cc2)c2ccc(Cc3ccc(C(ON)c4cc5ccccc5cc4O)cc3)cc2)cc1. The molecule has 1 atom stereocenters. The van der Waals surface area contributed by atoms with Gasteiger partial charge < -0.3 is 10.0 Å². The first-order valence-corrected chi connectivity index (χ1v) is 14.2. The fourth-order valence-corrected chi connectivity index (χ4v) is 5.43. The molecule has 0 fully saturated rings. The zero-order valence-corrected chi connectivity index (χ0v) is 23.9. The van der Waals surface area contributed by atoms with Crippen molar-refractivity contribution in [1.29, 1.82) is 0 Å². The summed E-state index contributed by atoms with van der Waals surface area (Å²) in [5.74, 6) is 5.90. The van der Waals surface area contributed by atoms with E-state index in [9.17, 15) is 5.11 Å². The first-order chi connectivity index (χ1) is 20.5. The average Bonchev–Trinajstić information content (AvgIpc) is 3.01. The third-order valence-electron chi connectivity index (χ3n) is 7.78. The summed E-state index contributed by atoms with van der Waals surface area (Å²) < 4.78 is 0. The van der Waals surface area contributed by atoms with Crippen molar-refractivity contribution in [2.24, 2.45) is 5.90 Å². The van der Waals surface area contributed by atoms with Gasteiger partial charge in [0.15, 0.2) is 0 Å². The van der Waals surface area contributed by atoms with Crippen LogP contribution in [0.4, 0.5) is 17.1 Å². The van der Waals surface area contributed by atoms with Crippen LogP contribution in [0.25, 0.3) is 10.8 Å². The van der Waals surface area contributed by atoms with Gasteiger partial charge >= 0.3 is 0 Å². The van der Waals surface area contributed by atoms with E-state index < -0.39 is 6.10 Å². The Bertz CT molecular complexity index is 1750. The summed E-state index contributed by atoms with van der Waals surface area (Å²) in [6, 6.07) is 45.9. The summed E-state index contributed by atoms with van der Waals surface area (Å²) in [6.45, 7) is 4.22. The first-order valence-electron chi connectivity index (χ1n) is 14.2. The molecule has 0 bridgehead atoms. The van der Waals surface area contributed by atoms with E-state index in [0.717, 1.165) is 39.8 Å². The Kier molecular flexibility index (Phi) is 7.74. The van der Waals surface area contributed by atoms with Gasteiger partial charge in [-0.25, -0.2) is 5.90 Å². The molecule has 3 N–H and O–H groups in total. The molecular formula is C38H34N2O2. The molecule has 6 rings (SSSR count). The Hall–Kier alpha value is -4.90. The number of hydrogen-bond donors (Lipinski definition) is 2. The molecule has 0 aliphatic heterocycles. The van der Waals surface area contributed by atoms with Crippen LogP contribution in [0.5, 0.6) is 5.75 Å². The summed E-state index contributed by atoms with van der Waals surface area (Å²) >= 11 is 0. The minimum Gasteiger partial charge on any atom is -0.508 e. The van der Waals surface area contributed by atoms with Gasteiger partial charge in [0, 0.05) is 22.6 Å². The van der Waals surface area contributed by atoms with Crippen molar-refractivity contribution in [1.82, 2.24) is 0 Å². The van der Waals surface area contributed by atoms with E-state index in [1.807, 2.05) is 42.5 Å². The van der Waals surface area contributed by atoms with E-state index in [1.54, 1.807) is 6.07 Å². The van der Waals surface area contributed by atoms with Crippen molar-refractivity contribution in [2.75, 3.05) is 4.90 Å². The van der Waals surface area contributed by atoms with E-state index in [4.69, 9.17) is 10.7 Å². The predicted molar refractivity (Wildman–Crippen MR) is 173 cm³/mol. The molecule has 0 radical (unpaired) electrons. The topological polar surface area (TPSA) is 58.7 Å². The highest BCUT2D eigenvalue weighted by Crippen LogP contribution is 2.36. The van der Waals surface area contributed by atoms with Crippen molar-refractivity contribution in [3.8, 4) is 5.75 Å². The molecule has 6 aromatic carbocycles. The monoisotopic (exact) mass is 550 g/mol. The number of rotatable bonds is 8. The lowest BCUT2D eigenvalue weighted by molar-refractivity contribution is 0.0797. The highest BCUT2D eigenvalue weighted by Gasteiger charge is 2.19. The van der Waals surface area contributed by atoms with Gasteiger partial charge in [-0.1, -0.05) is 96.1 Å². The molecule has 6 aromatic rings. The van der Waals surface area contributed by atoms with Crippen LogP contribution in [0.1, 0.15) is 39.5 Å². The van der Waals surface area contributed by atoms with Crippen LogP contribution in [-0.2, 0) is 11.3 Å². The highest BCUT2D eigenvalue weighted by molar-refractivity contribution is 5.85. The Balaban J connectivity index is 1.22. The molecule has 208 valence electrons. The molecule has 0 saturated carbocycles. The molecule has 0 spiro atoms. The lowest BCUT2D eigenvalue weighted by atomic mass is 9.95. The van der Waals surface area contributed by atoms with Gasteiger partial charge in [0.25, 0.3) is 0 Å². The fourth-order valence-electron chi connectivity index (χ4n) is 5.43. The number of phenols is 1. The van der Waals surface area contributed by atoms with E-state index in [2.05, 4.69) is 104 Å². The van der Waals surface area contributed by atoms with Gasteiger partial charge in [-0.3, -0.25) is 4.84 Å². The fraction of sp³-hybridized carbons (Fsp3) is 0.105. The molecule has 1 unspecified atom stereocenters. The van der Waals surface area contributed by atoms with Gasteiger partial charge in [-0.2, -0.15) is 0 Å². The van der Waals surface area contributed by atoms with Gasteiger partial charge in [0.2, 0.25) is 0 Å². The Labute approximate surface area is 247 Å². The lowest BCUT2D eigenvalue weighted by Crippen LogP contribution is -2.11. The van der Waals surface area contributed by atoms with E-state index in [1.165, 1.54) is 22.3 Å². The minimum atomic E-state index is -0.572. The minimum absolute atomic E-state index is 0.165. The molecule has 0 heterocycles. The molecule has 0 aromatic heterocycles. The maximum atomic E-state index is 10.7. The Morgan fingerprint density at radius 2 is 1.07 bits per heavy atom. The molecule has 0 aliphatic rings. The Morgan fingerprint density at radius 1 is 0.619 bits per heavy atom. The summed E-state index contributed by atoms with van der Waals surface area (Å²) in [5, 5.41) is 12.7. The number of aromatic hydroxyl groups is 1. The number of fused-ring (bicyclic) bond motifs is 1. The van der Waals surface area contributed by atoms with E-state index in [-0.39, 0.29) is 5.75 Å². The van der Waals surface area contributed by atoms with Gasteiger partial charge in [0.05, 0.1) is 0 Å². The smallest absolute Gasteiger partial charge is 0.132 e. The van der Waals surface area contributed by atoms with Gasteiger partial charge in [0.1, 0.15) is 11.9 Å². The standard InChI is InChI=1S/C38H34N2O2/c1-26-7-17-33(18-8-26)40(34-19-9-27(2)10-20-34)35-21-13-29(14-22-35)23-28-11-15-30(16-12-28)38(42-39)36-24-31-5-3-4-6-32(31)25-37(36)41/h3-22,24-25,38,41H,23,39H2,1-2H3. The summed E-state index contributed by atoms with van der Waals surface area (Å²) in [6.07, 6.45) is 0.225. The number of aryl methyl sites for hydroxylation is 2. The van der Waals surface area contributed by atoms with Crippen LogP contribution < -0.4 is 10.8 Å². The molecule has 0 amide bonds. The van der Waals surface area contributed by atoms with Crippen LogP contribution in [0.15, 0.2) is 133 Å².